The molecule has 18 heteroatoms. The Morgan fingerprint density at radius 2 is 1.03 bits per heavy atom. The molecule has 0 radical (unpaired) electrons. The summed E-state index contributed by atoms with van der Waals surface area (Å²) in [6, 6.07) is 0. The Bertz CT molecular complexity index is 1400. The lowest BCUT2D eigenvalue weighted by atomic mass is 9.99. The van der Waals surface area contributed by atoms with Gasteiger partial charge in [0.25, 0.3) is 0 Å². The lowest BCUT2D eigenvalue weighted by Gasteiger charge is -2.21. The Hall–Kier alpha value is -2.04. The second-order valence-corrected chi connectivity index (χ2v) is 19.5. The molecule has 0 rings (SSSR count). The van der Waals surface area contributed by atoms with Crippen LogP contribution in [-0.4, -0.2) is 104 Å². The number of hydrogen-bond donors (Lipinski definition) is 7. The Kier molecular flexibility index (Phi) is 39.7. The molecule has 65 heavy (non-hydrogen) atoms. The molecule has 16 nitrogen and oxygen atoms in total. The van der Waals surface area contributed by atoms with E-state index in [9.17, 15) is 44.0 Å². The minimum atomic E-state index is -4.91. The molecule has 0 heterocycles. The van der Waals surface area contributed by atoms with E-state index in [4.69, 9.17) is 23.8 Å². The molecule has 0 saturated heterocycles. The predicted octanol–water partition coefficient (Wildman–Crippen LogP) is 9.39. The van der Waals surface area contributed by atoms with Crippen LogP contribution in [0.25, 0.3) is 0 Å². The molecule has 0 fully saturated rings. The van der Waals surface area contributed by atoms with E-state index < -0.39 is 84.5 Å². The molecule has 0 aliphatic heterocycles. The summed E-state index contributed by atoms with van der Waals surface area (Å²) < 4.78 is 47.6. The van der Waals surface area contributed by atoms with Crippen molar-refractivity contribution in [3.05, 3.63) is 48.6 Å². The Balaban J connectivity index is 4.76. The fourth-order valence-corrected chi connectivity index (χ4v) is 7.57. The first-order valence-corrected chi connectivity index (χ1v) is 27.1. The minimum absolute atomic E-state index is 0.0262. The fraction of sp³-hybridized carbons (Fsp3) is 0.787. The van der Waals surface area contributed by atoms with Crippen molar-refractivity contribution in [3.8, 4) is 0 Å². The van der Waals surface area contributed by atoms with Gasteiger partial charge in [0, 0.05) is 12.8 Å². The van der Waals surface area contributed by atoms with Crippen molar-refractivity contribution in [2.75, 3.05) is 26.4 Å². The third-order valence-electron chi connectivity index (χ3n) is 10.6. The first kappa shape index (κ1) is 63.0. The first-order valence-electron chi connectivity index (χ1n) is 24.1. The van der Waals surface area contributed by atoms with Gasteiger partial charge in [0.1, 0.15) is 12.7 Å². The van der Waals surface area contributed by atoms with Crippen molar-refractivity contribution in [2.45, 2.75) is 205 Å². The summed E-state index contributed by atoms with van der Waals surface area (Å²) in [5, 5.41) is 40.3. The van der Waals surface area contributed by atoms with Crippen LogP contribution >= 0.6 is 15.6 Å². The first-order chi connectivity index (χ1) is 31.0. The number of esters is 2. The van der Waals surface area contributed by atoms with Gasteiger partial charge < -0.3 is 44.6 Å². The molecule has 7 atom stereocenters. The van der Waals surface area contributed by atoms with Crippen LogP contribution in [0.2, 0.25) is 0 Å². The molecule has 0 spiro atoms. The number of unbranched alkanes of at least 4 members (excludes halogenated alkanes) is 15. The standard InChI is InChI=1S/C47H86O16P2/c1-4-6-23-30-41(48)31-25-20-17-18-21-26-32-44(50)45(51)33-28-35-47(53)63-43(39-62-65(57,58)61-37-42(49)36-60-64(54,55)56)38-59-46(52)34-27-22-16-14-12-10-8-7-9-11-13-15-19-24-29-40(3)5-2/h17-18,20-21,25-26,31-32,40-45,48-51H,4-16,19,22-24,27-30,33-39H2,1-3H3,(H,57,58)(H2,54,55,56)/b20-17-,21-18+,31-25+,32-26+/t40?,41-,42-,43+,44-,45-/m0/s1. The molecule has 380 valence electrons. The second-order valence-electron chi connectivity index (χ2n) is 16.8. The predicted molar refractivity (Wildman–Crippen MR) is 252 cm³/mol. The average molecular weight is 969 g/mol. The molecular formula is C47H86O16P2. The molecule has 0 aromatic heterocycles. The van der Waals surface area contributed by atoms with Gasteiger partial charge in [-0.25, -0.2) is 9.13 Å². The van der Waals surface area contributed by atoms with Crippen molar-refractivity contribution in [2.24, 2.45) is 5.92 Å². The van der Waals surface area contributed by atoms with Crippen LogP contribution in [0.1, 0.15) is 175 Å². The molecular weight excluding hydrogens is 882 g/mol. The number of phosphoric acid groups is 2. The van der Waals surface area contributed by atoms with E-state index >= 15 is 0 Å². The Morgan fingerprint density at radius 3 is 1.60 bits per heavy atom. The van der Waals surface area contributed by atoms with Gasteiger partial charge in [-0.15, -0.1) is 0 Å². The molecule has 0 aromatic carbocycles. The highest BCUT2D eigenvalue weighted by Gasteiger charge is 2.28. The van der Waals surface area contributed by atoms with Gasteiger partial charge >= 0.3 is 27.6 Å². The number of rotatable bonds is 44. The highest BCUT2D eigenvalue weighted by molar-refractivity contribution is 7.47. The van der Waals surface area contributed by atoms with E-state index in [0.717, 1.165) is 57.3 Å². The summed E-state index contributed by atoms with van der Waals surface area (Å²) in [6.07, 6.45) is 30.3. The number of aliphatic hydroxyl groups is 4. The zero-order valence-electron chi connectivity index (χ0n) is 39.6. The third kappa shape index (κ3) is 43.0. The maximum Gasteiger partial charge on any atom is 0.472 e. The summed E-state index contributed by atoms with van der Waals surface area (Å²) in [6.45, 7) is 3.63. The number of carbonyl (C=O) groups is 2. The lowest BCUT2D eigenvalue weighted by Crippen LogP contribution is -2.30. The largest absolute Gasteiger partial charge is 0.472 e. The molecule has 0 aliphatic rings. The number of allylic oxidation sites excluding steroid dienone is 6. The number of phosphoric ester groups is 2. The summed E-state index contributed by atoms with van der Waals surface area (Å²) >= 11 is 0. The molecule has 2 unspecified atom stereocenters. The summed E-state index contributed by atoms with van der Waals surface area (Å²) in [5.41, 5.74) is 0. The smallest absolute Gasteiger partial charge is 0.462 e. The normalized spacial score (nSPS) is 16.3. The SMILES string of the molecule is CCCCC[C@H](O)/C=C/C=C\C=C\C=C\[C@H](O)[C@@H](O)CCCC(=O)O[C@H](COC(=O)CCCCCCCCCCCCCCCCC(C)CC)COP(=O)(O)OC[C@@H](O)COP(=O)(O)O. The maximum atomic E-state index is 12.7. The topological polar surface area (TPSA) is 256 Å². The van der Waals surface area contributed by atoms with E-state index in [-0.39, 0.29) is 25.7 Å². The van der Waals surface area contributed by atoms with Crippen LogP contribution in [0.15, 0.2) is 48.6 Å². The van der Waals surface area contributed by atoms with Gasteiger partial charge in [0.15, 0.2) is 6.10 Å². The van der Waals surface area contributed by atoms with Gasteiger partial charge in [-0.1, -0.05) is 185 Å². The van der Waals surface area contributed by atoms with Gasteiger partial charge in [-0.3, -0.25) is 23.2 Å². The highest BCUT2D eigenvalue weighted by atomic mass is 31.2. The van der Waals surface area contributed by atoms with Crippen LogP contribution < -0.4 is 0 Å². The number of carbonyl (C=O) groups excluding carboxylic acids is 2. The molecule has 0 aromatic rings. The van der Waals surface area contributed by atoms with E-state index in [0.29, 0.717) is 6.42 Å². The van der Waals surface area contributed by atoms with Crippen molar-refractivity contribution >= 4 is 27.6 Å². The minimum Gasteiger partial charge on any atom is -0.462 e. The Labute approximate surface area is 389 Å². The quantitative estimate of drug-likeness (QED) is 0.0130. The van der Waals surface area contributed by atoms with Crippen LogP contribution in [0.5, 0.6) is 0 Å². The maximum absolute atomic E-state index is 12.7. The van der Waals surface area contributed by atoms with Crippen LogP contribution in [0, 0.1) is 5.92 Å². The summed E-state index contributed by atoms with van der Waals surface area (Å²) in [5.74, 6) is -0.511. The lowest BCUT2D eigenvalue weighted by molar-refractivity contribution is -0.161. The monoisotopic (exact) mass is 969 g/mol. The van der Waals surface area contributed by atoms with Crippen molar-refractivity contribution in [1.29, 1.82) is 0 Å². The van der Waals surface area contributed by atoms with Gasteiger partial charge in [-0.05, 0) is 31.6 Å². The van der Waals surface area contributed by atoms with Gasteiger partial charge in [0.2, 0.25) is 0 Å². The molecule has 0 amide bonds. The Morgan fingerprint density at radius 1 is 0.538 bits per heavy atom. The number of ether oxygens (including phenoxy) is 2. The van der Waals surface area contributed by atoms with Crippen LogP contribution in [-0.2, 0) is 41.8 Å². The third-order valence-corrected chi connectivity index (χ3v) is 12.1. The van der Waals surface area contributed by atoms with Crippen LogP contribution in [0.3, 0.4) is 0 Å². The number of aliphatic hydroxyl groups excluding tert-OH is 4. The van der Waals surface area contributed by atoms with Crippen molar-refractivity contribution < 1.29 is 76.9 Å². The molecule has 0 saturated carbocycles. The summed E-state index contributed by atoms with van der Waals surface area (Å²) in [4.78, 5) is 52.9. The fourth-order valence-electron chi connectivity index (χ4n) is 6.41. The van der Waals surface area contributed by atoms with Gasteiger partial charge in [-0.2, -0.15) is 0 Å². The molecule has 0 bridgehead atoms. The van der Waals surface area contributed by atoms with E-state index in [1.54, 1.807) is 42.5 Å². The molecule has 0 aliphatic carbocycles. The molecule has 7 N–H and O–H groups in total. The zero-order chi connectivity index (χ0) is 48.6. The highest BCUT2D eigenvalue weighted by Crippen LogP contribution is 2.44. The average Bonchev–Trinajstić information content (AvgIpc) is 3.26. The van der Waals surface area contributed by atoms with Gasteiger partial charge in [0.05, 0.1) is 38.1 Å². The van der Waals surface area contributed by atoms with Crippen molar-refractivity contribution in [1.82, 2.24) is 0 Å². The zero-order valence-corrected chi connectivity index (χ0v) is 41.4. The summed E-state index contributed by atoms with van der Waals surface area (Å²) in [7, 11) is -9.82. The van der Waals surface area contributed by atoms with E-state index in [1.807, 2.05) is 0 Å². The van der Waals surface area contributed by atoms with Crippen molar-refractivity contribution in [3.63, 3.8) is 0 Å². The number of hydrogen-bond acceptors (Lipinski definition) is 13. The van der Waals surface area contributed by atoms with E-state index in [2.05, 4.69) is 29.8 Å². The second kappa shape index (κ2) is 41.0. The van der Waals surface area contributed by atoms with Crippen LogP contribution in [0.4, 0.5) is 0 Å². The van der Waals surface area contributed by atoms with E-state index in [1.165, 1.54) is 76.7 Å².